The zero-order valence-corrected chi connectivity index (χ0v) is 18.7. The van der Waals surface area contributed by atoms with E-state index in [2.05, 4.69) is 10.1 Å². The Balaban J connectivity index is 2.86. The van der Waals surface area contributed by atoms with Crippen LogP contribution in [0, 0.1) is 0 Å². The van der Waals surface area contributed by atoms with Crippen LogP contribution in [0.1, 0.15) is 31.7 Å². The molecule has 0 spiro atoms. The maximum absolute atomic E-state index is 13.1. The van der Waals surface area contributed by atoms with Crippen LogP contribution >= 0.6 is 11.6 Å². The van der Waals surface area contributed by atoms with E-state index in [9.17, 15) is 22.8 Å². The fourth-order valence-electron chi connectivity index (χ4n) is 2.86. The number of carbonyl (C=O) groups is 2. The summed E-state index contributed by atoms with van der Waals surface area (Å²) in [7, 11) is 4.10. The molecule has 0 fully saturated rings. The molecule has 7 nitrogen and oxygen atoms in total. The van der Waals surface area contributed by atoms with E-state index in [0.717, 1.165) is 6.07 Å². The van der Waals surface area contributed by atoms with Crippen LogP contribution in [0.5, 0.6) is 0 Å². The first kappa shape index (κ1) is 27.0. The largest absolute Gasteiger partial charge is 0.469 e. The van der Waals surface area contributed by atoms with Crippen molar-refractivity contribution in [3.05, 3.63) is 28.8 Å². The SMILES string of the molecule is COC(=O)CCCN(C[C@@H](C)Nc1ccc(Cl)c(C(F)(F)F)c1)C(=O)CC(OC)OC. The quantitative estimate of drug-likeness (QED) is 0.370. The van der Waals surface area contributed by atoms with E-state index in [4.69, 9.17) is 21.1 Å². The molecule has 1 rings (SSSR count). The van der Waals surface area contributed by atoms with Crippen molar-refractivity contribution in [2.45, 2.75) is 44.7 Å². The molecular weight excluding hydrogens is 441 g/mol. The van der Waals surface area contributed by atoms with Crippen LogP contribution in [-0.4, -0.2) is 63.5 Å². The molecule has 0 bridgehead atoms. The minimum atomic E-state index is -4.58. The minimum absolute atomic E-state index is 0.0445. The Labute approximate surface area is 184 Å². The second-order valence-corrected chi connectivity index (χ2v) is 7.27. The molecule has 0 aliphatic heterocycles. The Morgan fingerprint density at radius 3 is 2.39 bits per heavy atom. The predicted molar refractivity (Wildman–Crippen MR) is 110 cm³/mol. The van der Waals surface area contributed by atoms with E-state index in [1.165, 1.54) is 38.4 Å². The Morgan fingerprint density at radius 1 is 1.19 bits per heavy atom. The summed E-state index contributed by atoms with van der Waals surface area (Å²) < 4.78 is 54.0. The molecule has 0 aliphatic rings. The maximum atomic E-state index is 13.1. The molecule has 0 unspecified atom stereocenters. The molecule has 31 heavy (non-hydrogen) atoms. The van der Waals surface area contributed by atoms with Crippen molar-refractivity contribution < 1.29 is 37.0 Å². The number of halogens is 4. The molecule has 1 aromatic carbocycles. The highest BCUT2D eigenvalue weighted by molar-refractivity contribution is 6.31. The molecule has 0 saturated carbocycles. The van der Waals surface area contributed by atoms with Gasteiger partial charge in [0.2, 0.25) is 5.91 Å². The zero-order valence-electron chi connectivity index (χ0n) is 17.9. The predicted octanol–water partition coefficient (Wildman–Crippen LogP) is 3.95. The average molecular weight is 469 g/mol. The molecule has 0 heterocycles. The van der Waals surface area contributed by atoms with Crippen LogP contribution in [0.3, 0.4) is 0 Å². The van der Waals surface area contributed by atoms with Crippen molar-refractivity contribution >= 4 is 29.2 Å². The van der Waals surface area contributed by atoms with Crippen LogP contribution in [-0.2, 0) is 30.0 Å². The standard InChI is InChI=1S/C20H28ClF3N2O5/c1-13(25-14-7-8-16(21)15(10-14)20(22,23)24)12-26(9-5-6-18(28)29-2)17(27)11-19(30-3)31-4/h7-8,10,13,19,25H,5-6,9,11-12H2,1-4H3/t13-/m1/s1. The second-order valence-electron chi connectivity index (χ2n) is 6.86. The van der Waals surface area contributed by atoms with Gasteiger partial charge in [-0.05, 0) is 31.5 Å². The fourth-order valence-corrected chi connectivity index (χ4v) is 3.09. The molecule has 0 saturated heterocycles. The average Bonchev–Trinajstić information content (AvgIpc) is 2.71. The molecule has 0 aromatic heterocycles. The number of ether oxygens (including phenoxy) is 3. The molecule has 1 N–H and O–H groups in total. The topological polar surface area (TPSA) is 77.1 Å². The summed E-state index contributed by atoms with van der Waals surface area (Å²) in [5.74, 6) is -0.676. The van der Waals surface area contributed by atoms with Crippen molar-refractivity contribution in [1.29, 1.82) is 0 Å². The van der Waals surface area contributed by atoms with Crippen LogP contribution in [0.2, 0.25) is 5.02 Å². The van der Waals surface area contributed by atoms with Gasteiger partial charge in [0.15, 0.2) is 6.29 Å². The summed E-state index contributed by atoms with van der Waals surface area (Å²) in [6.45, 7) is 2.17. The van der Waals surface area contributed by atoms with Gasteiger partial charge in [0.1, 0.15) is 0 Å². The summed E-state index contributed by atoms with van der Waals surface area (Å²) in [4.78, 5) is 25.6. The molecule has 1 atom stereocenters. The number of hydrogen-bond acceptors (Lipinski definition) is 6. The van der Waals surface area contributed by atoms with Gasteiger partial charge >= 0.3 is 12.1 Å². The highest BCUT2D eigenvalue weighted by Gasteiger charge is 2.33. The first-order valence-corrected chi connectivity index (χ1v) is 9.93. The molecule has 1 amide bonds. The Kier molecular flexibility index (Phi) is 11.1. The third kappa shape index (κ3) is 9.32. The lowest BCUT2D eigenvalue weighted by Gasteiger charge is -2.28. The number of anilines is 1. The van der Waals surface area contributed by atoms with Crippen LogP contribution in [0.4, 0.5) is 18.9 Å². The Hall–Kier alpha value is -2.04. The summed E-state index contributed by atoms with van der Waals surface area (Å²) in [5, 5.41) is 2.56. The monoisotopic (exact) mass is 468 g/mol. The molecule has 1 aromatic rings. The van der Waals surface area contributed by atoms with Gasteiger partial charge in [-0.15, -0.1) is 0 Å². The summed E-state index contributed by atoms with van der Waals surface area (Å²) in [6, 6.07) is 3.13. The van der Waals surface area contributed by atoms with Gasteiger partial charge in [-0.1, -0.05) is 11.6 Å². The molecule has 176 valence electrons. The summed E-state index contributed by atoms with van der Waals surface area (Å²) in [6.07, 6.45) is -4.86. The third-order valence-corrected chi connectivity index (χ3v) is 4.77. The first-order chi connectivity index (χ1) is 14.5. The van der Waals surface area contributed by atoms with Gasteiger partial charge in [-0.25, -0.2) is 0 Å². The summed E-state index contributed by atoms with van der Waals surface area (Å²) >= 11 is 5.65. The van der Waals surface area contributed by atoms with Gasteiger partial charge in [-0.3, -0.25) is 9.59 Å². The van der Waals surface area contributed by atoms with Gasteiger partial charge < -0.3 is 24.4 Å². The van der Waals surface area contributed by atoms with E-state index < -0.39 is 35.1 Å². The summed E-state index contributed by atoms with van der Waals surface area (Å²) in [5.41, 5.74) is -0.724. The van der Waals surface area contributed by atoms with Crippen LogP contribution in [0.25, 0.3) is 0 Å². The van der Waals surface area contributed by atoms with Crippen molar-refractivity contribution in [1.82, 2.24) is 4.90 Å². The van der Waals surface area contributed by atoms with E-state index in [1.807, 2.05) is 0 Å². The number of methoxy groups -OCH3 is 3. The highest BCUT2D eigenvalue weighted by Crippen LogP contribution is 2.36. The number of carbonyl (C=O) groups excluding carboxylic acids is 2. The number of hydrogen-bond donors (Lipinski definition) is 1. The Morgan fingerprint density at radius 2 is 1.84 bits per heavy atom. The molecule has 0 aliphatic carbocycles. The lowest BCUT2D eigenvalue weighted by molar-refractivity contribution is -0.149. The third-order valence-electron chi connectivity index (χ3n) is 4.44. The molecule has 11 heteroatoms. The fraction of sp³-hybridized carbons (Fsp3) is 0.600. The smallest absolute Gasteiger partial charge is 0.417 e. The maximum Gasteiger partial charge on any atom is 0.417 e. The van der Waals surface area contributed by atoms with Crippen molar-refractivity contribution in [3.8, 4) is 0 Å². The zero-order chi connectivity index (χ0) is 23.6. The number of esters is 1. The Bertz CT molecular complexity index is 729. The van der Waals surface area contributed by atoms with Crippen LogP contribution in [0.15, 0.2) is 18.2 Å². The molecule has 0 radical (unpaired) electrons. The van der Waals surface area contributed by atoms with Crippen molar-refractivity contribution in [2.75, 3.05) is 39.7 Å². The number of alkyl halides is 3. The van der Waals surface area contributed by atoms with Gasteiger partial charge in [0.25, 0.3) is 0 Å². The van der Waals surface area contributed by atoms with Crippen LogP contribution < -0.4 is 5.32 Å². The van der Waals surface area contributed by atoms with Gasteiger partial charge in [0.05, 0.1) is 24.1 Å². The van der Waals surface area contributed by atoms with E-state index in [0.29, 0.717) is 6.42 Å². The van der Waals surface area contributed by atoms with Gasteiger partial charge in [0, 0.05) is 45.5 Å². The normalized spacial score (nSPS) is 12.5. The first-order valence-electron chi connectivity index (χ1n) is 9.55. The van der Waals surface area contributed by atoms with E-state index in [-0.39, 0.29) is 37.5 Å². The van der Waals surface area contributed by atoms with Crippen molar-refractivity contribution in [2.24, 2.45) is 0 Å². The number of amides is 1. The van der Waals surface area contributed by atoms with E-state index in [1.54, 1.807) is 6.92 Å². The number of benzene rings is 1. The van der Waals surface area contributed by atoms with Gasteiger partial charge in [-0.2, -0.15) is 13.2 Å². The lowest BCUT2D eigenvalue weighted by Crippen LogP contribution is -2.41. The minimum Gasteiger partial charge on any atom is -0.469 e. The number of nitrogens with zero attached hydrogens (tertiary/aromatic N) is 1. The number of nitrogens with one attached hydrogen (secondary N) is 1. The lowest BCUT2D eigenvalue weighted by atomic mass is 10.1. The molecular formula is C20H28ClF3N2O5. The highest BCUT2D eigenvalue weighted by atomic mass is 35.5. The van der Waals surface area contributed by atoms with E-state index >= 15 is 0 Å². The number of rotatable bonds is 12. The van der Waals surface area contributed by atoms with Crippen molar-refractivity contribution in [3.63, 3.8) is 0 Å². The second kappa shape index (κ2) is 12.7.